The fourth-order valence-electron chi connectivity index (χ4n) is 9.87. The van der Waals surface area contributed by atoms with Gasteiger partial charge in [0, 0.05) is 65.0 Å². The number of amidine groups is 2. The van der Waals surface area contributed by atoms with Gasteiger partial charge in [-0.05, 0) is 116 Å². The largest absolute Gasteiger partial charge is 0.361 e. The number of sulfonamides is 2. The van der Waals surface area contributed by atoms with Crippen LogP contribution in [-0.2, 0) is 36.1 Å². The third kappa shape index (κ3) is 10.2. The Kier molecular flexibility index (Phi) is 13.7. The first-order valence-electron chi connectivity index (χ1n) is 22.4. The van der Waals surface area contributed by atoms with Crippen LogP contribution in [-0.4, -0.2) is 91.2 Å². The number of fused-ring (bicyclic) bond motifs is 2. The van der Waals surface area contributed by atoms with Gasteiger partial charge in [-0.15, -0.1) is 0 Å². The van der Waals surface area contributed by atoms with E-state index in [1.54, 1.807) is 6.08 Å². The van der Waals surface area contributed by atoms with Gasteiger partial charge in [-0.1, -0.05) is 85.3 Å². The van der Waals surface area contributed by atoms with Crippen LogP contribution in [0.5, 0.6) is 0 Å². The topological polar surface area (TPSA) is 173 Å². The number of amides is 2. The Bertz CT molecular complexity index is 2550. The molecule has 336 valence electrons. The molecule has 16 heteroatoms. The van der Waals surface area contributed by atoms with Crippen LogP contribution in [0.25, 0.3) is 23.1 Å². The highest BCUT2D eigenvalue weighted by Crippen LogP contribution is 2.37. The van der Waals surface area contributed by atoms with Crippen LogP contribution < -0.4 is 10.6 Å². The van der Waals surface area contributed by atoms with E-state index in [1.807, 2.05) is 30.5 Å². The van der Waals surface area contributed by atoms with E-state index in [-0.39, 0.29) is 11.8 Å². The number of aromatic nitrogens is 1. The number of aromatic amines is 1. The molecule has 3 aliphatic carbocycles. The van der Waals surface area contributed by atoms with E-state index in [2.05, 4.69) is 68.5 Å². The Morgan fingerprint density at radius 3 is 1.83 bits per heavy atom. The van der Waals surface area contributed by atoms with Gasteiger partial charge in [0.1, 0.15) is 22.7 Å². The number of nitrogens with one attached hydrogen (secondary N) is 3. The van der Waals surface area contributed by atoms with Gasteiger partial charge in [0.05, 0.1) is 0 Å². The summed E-state index contributed by atoms with van der Waals surface area (Å²) < 4.78 is 53.4. The van der Waals surface area contributed by atoms with E-state index in [1.165, 1.54) is 63.7 Å². The molecule has 0 unspecified atom stereocenters. The zero-order chi connectivity index (χ0) is 44.2. The molecule has 0 radical (unpaired) electrons. The molecular formula is C47H58BrN7O6S2. The number of hydrogen-bond acceptors (Lipinski definition) is 8. The standard InChI is InChI=1S/C23H28N4O3S.C15H23N3O3S.C9H7Br/c28-22-23(26-21(25-22)18-4-2-1-3-5-18)10-13-27(14-11-23)31(29,30)15-9-17-6-7-20-19(16-17)8-12-24-20;1-2-22(20,21)18-10-8-15(9-11-18)14(19)16-13(17-15)12-6-4-3-5-7-12;10-9-5-4-7-2-1-3-8(7)6-9/h6-9,12,15-16,18,24H,1-5,10-11,13-14H2,(H,25,26,28);2,12H,1,3-11H2,(H,16,17,19);1,3-6H,2H2/b15-9+;;. The van der Waals surface area contributed by atoms with Crippen LogP contribution in [0.1, 0.15) is 107 Å². The third-order valence-corrected chi connectivity index (χ3v) is 17.3. The predicted octanol–water partition coefficient (Wildman–Crippen LogP) is 7.83. The summed E-state index contributed by atoms with van der Waals surface area (Å²) in [7, 11) is -6.96. The molecule has 7 aliphatic rings. The van der Waals surface area contributed by atoms with Gasteiger partial charge < -0.3 is 15.6 Å². The molecule has 2 saturated heterocycles. The maximum atomic E-state index is 12.9. The molecule has 63 heavy (non-hydrogen) atoms. The van der Waals surface area contributed by atoms with Crippen molar-refractivity contribution in [2.24, 2.45) is 21.8 Å². The number of H-pyrrole nitrogens is 1. The third-order valence-electron chi connectivity index (χ3n) is 13.8. The quantitative estimate of drug-likeness (QED) is 0.218. The molecule has 4 aliphatic heterocycles. The van der Waals surface area contributed by atoms with E-state index < -0.39 is 31.1 Å². The number of carbonyl (C=O) groups excluding carboxylic acids is 2. The number of hydrogen-bond donors (Lipinski definition) is 3. The highest BCUT2D eigenvalue weighted by atomic mass is 79.9. The van der Waals surface area contributed by atoms with Gasteiger partial charge in [-0.25, -0.2) is 16.8 Å². The monoisotopic (exact) mass is 959 g/mol. The lowest BCUT2D eigenvalue weighted by Gasteiger charge is -2.34. The summed E-state index contributed by atoms with van der Waals surface area (Å²) >= 11 is 3.43. The summed E-state index contributed by atoms with van der Waals surface area (Å²) in [6, 6.07) is 14.1. The summed E-state index contributed by atoms with van der Waals surface area (Å²) in [5.41, 5.74) is 3.10. The molecular weight excluding hydrogens is 903 g/mol. The second-order valence-corrected chi connectivity index (χ2v) is 22.4. The summed E-state index contributed by atoms with van der Waals surface area (Å²) in [5, 5.41) is 9.27. The lowest BCUT2D eigenvalue weighted by atomic mass is 9.88. The maximum Gasteiger partial charge on any atom is 0.253 e. The fourth-order valence-corrected chi connectivity index (χ4v) is 12.3. The van der Waals surface area contributed by atoms with Gasteiger partial charge in [-0.3, -0.25) is 19.6 Å². The van der Waals surface area contributed by atoms with Gasteiger partial charge >= 0.3 is 0 Å². The van der Waals surface area contributed by atoms with Crippen LogP contribution in [0.2, 0.25) is 0 Å². The van der Waals surface area contributed by atoms with E-state index in [0.717, 1.165) is 70.1 Å². The molecule has 1 aromatic heterocycles. The minimum Gasteiger partial charge on any atom is -0.361 e. The minimum absolute atomic E-state index is 0.0521. The number of halogens is 1. The Morgan fingerprint density at radius 2 is 1.27 bits per heavy atom. The number of nitrogens with zero attached hydrogens (tertiary/aromatic N) is 4. The number of allylic oxidation sites excluding steroid dienone is 1. The molecule has 5 heterocycles. The molecule has 0 bridgehead atoms. The average molecular weight is 961 g/mol. The van der Waals surface area contributed by atoms with Crippen molar-refractivity contribution >= 4 is 82.5 Å². The van der Waals surface area contributed by atoms with E-state index in [0.29, 0.717) is 63.7 Å². The van der Waals surface area contributed by atoms with E-state index in [4.69, 9.17) is 9.98 Å². The first kappa shape index (κ1) is 45.4. The Balaban J connectivity index is 0.000000147. The summed E-state index contributed by atoms with van der Waals surface area (Å²) in [6.45, 7) is 4.60. The predicted molar refractivity (Wildman–Crippen MR) is 254 cm³/mol. The highest BCUT2D eigenvalue weighted by Gasteiger charge is 2.49. The molecule has 3 N–H and O–H groups in total. The van der Waals surface area contributed by atoms with Gasteiger partial charge in [0.2, 0.25) is 20.0 Å². The molecule has 10 rings (SSSR count). The molecule has 2 amide bonds. The summed E-state index contributed by atoms with van der Waals surface area (Å²) in [4.78, 5) is 37.9. The number of rotatable bonds is 7. The smallest absolute Gasteiger partial charge is 0.253 e. The Morgan fingerprint density at radius 1 is 0.714 bits per heavy atom. The van der Waals surface area contributed by atoms with Gasteiger partial charge in [0.15, 0.2) is 0 Å². The number of aliphatic imine (C=N–C) groups is 2. The summed E-state index contributed by atoms with van der Waals surface area (Å²) in [5.74, 6) is 2.28. The average Bonchev–Trinajstić information content (AvgIpc) is 4.11. The molecule has 2 aromatic carbocycles. The number of piperidine rings is 2. The highest BCUT2D eigenvalue weighted by molar-refractivity contribution is 9.10. The minimum atomic E-state index is -3.55. The van der Waals surface area contributed by atoms with Crippen LogP contribution in [0, 0.1) is 11.8 Å². The van der Waals surface area contributed by atoms with E-state index >= 15 is 0 Å². The van der Waals surface area contributed by atoms with Gasteiger partial charge in [-0.2, -0.15) is 8.61 Å². The van der Waals surface area contributed by atoms with Crippen molar-refractivity contribution in [1.29, 1.82) is 0 Å². The van der Waals surface area contributed by atoms with Crippen LogP contribution in [0.3, 0.4) is 0 Å². The first-order chi connectivity index (χ1) is 30.3. The maximum absolute atomic E-state index is 12.9. The van der Waals surface area contributed by atoms with Crippen LogP contribution in [0.4, 0.5) is 0 Å². The van der Waals surface area contributed by atoms with Crippen molar-refractivity contribution in [2.45, 2.75) is 107 Å². The molecule has 13 nitrogen and oxygen atoms in total. The number of carbonyl (C=O) groups is 2. The Labute approximate surface area is 379 Å². The summed E-state index contributed by atoms with van der Waals surface area (Å²) in [6.07, 6.45) is 22.3. The van der Waals surface area contributed by atoms with Crippen LogP contribution in [0.15, 0.2) is 86.6 Å². The van der Waals surface area contributed by atoms with Crippen molar-refractivity contribution in [1.82, 2.24) is 24.2 Å². The van der Waals surface area contributed by atoms with Crippen molar-refractivity contribution in [3.05, 3.63) is 93.3 Å². The lowest BCUT2D eigenvalue weighted by Crippen LogP contribution is -2.50. The van der Waals surface area contributed by atoms with Crippen molar-refractivity contribution in [2.75, 3.05) is 26.2 Å². The lowest BCUT2D eigenvalue weighted by molar-refractivity contribution is -0.125. The molecule has 2 spiro atoms. The SMILES string of the molecule is Brc1ccc2c(c1)C=CC2.C=CS(=O)(=O)N1CCC2(CC1)N=C(C1CCCCC1)NC2=O.O=C1NC(C2CCCCC2)=NC12CCN(S(=O)(=O)/C=C/c1ccc3[nH]ccc3c1)CC2. The molecule has 0 atom stereocenters. The second kappa shape index (κ2) is 19.1. The first-order valence-corrected chi connectivity index (χ1v) is 26.2. The van der Waals surface area contributed by atoms with E-state index in [9.17, 15) is 26.4 Å². The zero-order valence-electron chi connectivity index (χ0n) is 35.7. The fraction of sp³-hybridized carbons (Fsp3) is 0.489. The molecule has 2 saturated carbocycles. The Hall–Kier alpha value is -4.22. The van der Waals surface area contributed by atoms with Crippen molar-refractivity contribution in [3.63, 3.8) is 0 Å². The zero-order valence-corrected chi connectivity index (χ0v) is 39.0. The second-order valence-electron chi connectivity index (χ2n) is 17.8. The molecule has 4 fully saturated rings. The van der Waals surface area contributed by atoms with Crippen molar-refractivity contribution < 1.29 is 26.4 Å². The molecule has 3 aromatic rings. The van der Waals surface area contributed by atoms with Crippen molar-refractivity contribution in [3.8, 4) is 0 Å². The number of benzene rings is 2. The normalized spacial score (nSPS) is 22.8. The van der Waals surface area contributed by atoms with Gasteiger partial charge in [0.25, 0.3) is 11.8 Å². The van der Waals surface area contributed by atoms with Crippen LogP contribution >= 0.6 is 15.9 Å².